The molecule has 0 spiro atoms. The van der Waals surface area contributed by atoms with Crippen LogP contribution in [-0.2, 0) is 9.63 Å². The Balaban J connectivity index is 3.88. The summed E-state index contributed by atoms with van der Waals surface area (Å²) < 4.78 is 0. The van der Waals surface area contributed by atoms with E-state index in [-0.39, 0.29) is 12.3 Å². The third-order valence-corrected chi connectivity index (χ3v) is 1.23. The van der Waals surface area contributed by atoms with Crippen molar-refractivity contribution in [3.63, 3.8) is 0 Å². The lowest BCUT2D eigenvalue weighted by Crippen LogP contribution is -2.39. The Morgan fingerprint density at radius 3 is 2.36 bits per heavy atom. The van der Waals surface area contributed by atoms with Crippen molar-refractivity contribution in [3.8, 4) is 0 Å². The van der Waals surface area contributed by atoms with Gasteiger partial charge in [-0.2, -0.15) is 0 Å². The van der Waals surface area contributed by atoms with E-state index in [1.54, 1.807) is 20.9 Å². The van der Waals surface area contributed by atoms with Crippen molar-refractivity contribution in [2.45, 2.75) is 25.8 Å². The summed E-state index contributed by atoms with van der Waals surface area (Å²) in [7, 11) is 3.01. The highest BCUT2D eigenvalue weighted by atomic mass is 16.7. The molecule has 0 aromatic carbocycles. The average Bonchev–Trinajstić information content (AvgIpc) is 1.82. The molecule has 0 aliphatic heterocycles. The number of nitrogens with zero attached hydrogens (tertiary/aromatic N) is 1. The highest BCUT2D eigenvalue weighted by molar-refractivity contribution is 5.75. The number of hydroxylamine groups is 2. The summed E-state index contributed by atoms with van der Waals surface area (Å²) in [5, 5.41) is 1.18. The van der Waals surface area contributed by atoms with Crippen LogP contribution in [0.5, 0.6) is 0 Å². The molecular formula is C7H16N2O2. The van der Waals surface area contributed by atoms with E-state index in [4.69, 9.17) is 5.73 Å². The van der Waals surface area contributed by atoms with Crippen molar-refractivity contribution >= 4 is 5.91 Å². The molecule has 0 fully saturated rings. The van der Waals surface area contributed by atoms with E-state index in [1.807, 2.05) is 0 Å². The molecule has 2 N–H and O–H groups in total. The molecule has 0 aromatic heterocycles. The Kier molecular flexibility index (Phi) is 3.48. The number of hydrogen-bond acceptors (Lipinski definition) is 3. The van der Waals surface area contributed by atoms with Crippen LogP contribution in [0.1, 0.15) is 20.3 Å². The Labute approximate surface area is 67.3 Å². The number of hydrogen-bond donors (Lipinski definition) is 1. The van der Waals surface area contributed by atoms with Gasteiger partial charge in [-0.15, -0.1) is 0 Å². The van der Waals surface area contributed by atoms with Gasteiger partial charge in [-0.3, -0.25) is 9.63 Å². The minimum Gasteiger partial charge on any atom is -0.325 e. The third-order valence-electron chi connectivity index (χ3n) is 1.23. The van der Waals surface area contributed by atoms with E-state index in [2.05, 4.69) is 4.84 Å². The van der Waals surface area contributed by atoms with Crippen LogP contribution in [0.4, 0.5) is 0 Å². The van der Waals surface area contributed by atoms with Crippen molar-refractivity contribution in [1.82, 2.24) is 5.06 Å². The SMILES string of the molecule is CON(C)C(=O)CC(C)(C)N. The lowest BCUT2D eigenvalue weighted by molar-refractivity contribution is -0.169. The van der Waals surface area contributed by atoms with Crippen LogP contribution in [0, 0.1) is 0 Å². The second-order valence-electron chi connectivity index (χ2n) is 3.24. The molecule has 0 radical (unpaired) electrons. The number of carbonyl (C=O) groups is 1. The van der Waals surface area contributed by atoms with Gasteiger partial charge in [0.25, 0.3) is 0 Å². The molecule has 66 valence electrons. The molecule has 0 rings (SSSR count). The van der Waals surface area contributed by atoms with Crippen LogP contribution < -0.4 is 5.73 Å². The number of nitrogens with two attached hydrogens (primary N) is 1. The number of amides is 1. The highest BCUT2D eigenvalue weighted by Gasteiger charge is 2.18. The molecule has 0 atom stereocenters. The first-order valence-electron chi connectivity index (χ1n) is 3.46. The maximum atomic E-state index is 11.1. The molecule has 1 amide bonds. The molecule has 0 aromatic rings. The van der Waals surface area contributed by atoms with Gasteiger partial charge in [0.05, 0.1) is 7.11 Å². The van der Waals surface area contributed by atoms with Gasteiger partial charge in [0, 0.05) is 19.0 Å². The molecular weight excluding hydrogens is 144 g/mol. The monoisotopic (exact) mass is 160 g/mol. The van der Waals surface area contributed by atoms with Crippen molar-refractivity contribution in [3.05, 3.63) is 0 Å². The summed E-state index contributed by atoms with van der Waals surface area (Å²) in [6.45, 7) is 3.60. The molecule has 0 aliphatic rings. The normalized spacial score (nSPS) is 11.4. The van der Waals surface area contributed by atoms with E-state index >= 15 is 0 Å². The fourth-order valence-electron chi connectivity index (χ4n) is 0.603. The lowest BCUT2D eigenvalue weighted by Gasteiger charge is -2.21. The summed E-state index contributed by atoms with van der Waals surface area (Å²) in [6, 6.07) is 0. The zero-order chi connectivity index (χ0) is 9.07. The third kappa shape index (κ3) is 4.75. The zero-order valence-electron chi connectivity index (χ0n) is 7.55. The first-order valence-corrected chi connectivity index (χ1v) is 3.46. The van der Waals surface area contributed by atoms with Gasteiger partial charge in [0.2, 0.25) is 5.91 Å². The Bertz CT molecular complexity index is 140. The first-order chi connectivity index (χ1) is 4.87. The molecule has 4 nitrogen and oxygen atoms in total. The van der Waals surface area contributed by atoms with Gasteiger partial charge in [-0.05, 0) is 13.8 Å². The van der Waals surface area contributed by atoms with E-state index in [0.717, 1.165) is 0 Å². The van der Waals surface area contributed by atoms with E-state index in [1.165, 1.54) is 12.2 Å². The molecule has 0 bridgehead atoms. The summed E-state index contributed by atoms with van der Waals surface area (Å²) >= 11 is 0. The Morgan fingerprint density at radius 1 is 1.64 bits per heavy atom. The minimum atomic E-state index is -0.468. The van der Waals surface area contributed by atoms with Crippen LogP contribution in [0.15, 0.2) is 0 Å². The van der Waals surface area contributed by atoms with Crippen LogP contribution >= 0.6 is 0 Å². The summed E-state index contributed by atoms with van der Waals surface area (Å²) in [4.78, 5) is 15.8. The maximum absolute atomic E-state index is 11.1. The average molecular weight is 160 g/mol. The highest BCUT2D eigenvalue weighted by Crippen LogP contribution is 2.05. The number of rotatable bonds is 3. The molecule has 0 saturated heterocycles. The smallest absolute Gasteiger partial charge is 0.247 e. The van der Waals surface area contributed by atoms with Gasteiger partial charge in [-0.1, -0.05) is 0 Å². The van der Waals surface area contributed by atoms with Gasteiger partial charge in [0.15, 0.2) is 0 Å². The van der Waals surface area contributed by atoms with Crippen molar-refractivity contribution < 1.29 is 9.63 Å². The summed E-state index contributed by atoms with van der Waals surface area (Å²) in [5.74, 6) is -0.111. The summed E-state index contributed by atoms with van der Waals surface area (Å²) in [5.41, 5.74) is 5.16. The summed E-state index contributed by atoms with van der Waals surface area (Å²) in [6.07, 6.45) is 0.289. The van der Waals surface area contributed by atoms with E-state index in [9.17, 15) is 4.79 Å². The van der Waals surface area contributed by atoms with Gasteiger partial charge >= 0.3 is 0 Å². The van der Waals surface area contributed by atoms with E-state index in [0.29, 0.717) is 0 Å². The molecule has 4 heteroatoms. The fraction of sp³-hybridized carbons (Fsp3) is 0.857. The first kappa shape index (κ1) is 10.4. The fourth-order valence-corrected chi connectivity index (χ4v) is 0.603. The van der Waals surface area contributed by atoms with Crippen molar-refractivity contribution in [2.75, 3.05) is 14.2 Å². The topological polar surface area (TPSA) is 55.6 Å². The Hall–Kier alpha value is -0.610. The molecule has 0 aliphatic carbocycles. The van der Waals surface area contributed by atoms with E-state index < -0.39 is 5.54 Å². The van der Waals surface area contributed by atoms with Crippen molar-refractivity contribution in [2.24, 2.45) is 5.73 Å². The predicted molar refractivity (Wildman–Crippen MR) is 42.7 cm³/mol. The zero-order valence-corrected chi connectivity index (χ0v) is 7.55. The van der Waals surface area contributed by atoms with Gasteiger partial charge in [0.1, 0.15) is 0 Å². The molecule has 0 saturated carbocycles. The van der Waals surface area contributed by atoms with Gasteiger partial charge in [-0.25, -0.2) is 5.06 Å². The van der Waals surface area contributed by atoms with Crippen LogP contribution in [-0.4, -0.2) is 30.7 Å². The number of carbonyl (C=O) groups excluding carboxylic acids is 1. The van der Waals surface area contributed by atoms with Crippen LogP contribution in [0.2, 0.25) is 0 Å². The van der Waals surface area contributed by atoms with Crippen LogP contribution in [0.3, 0.4) is 0 Å². The lowest BCUT2D eigenvalue weighted by atomic mass is 10.0. The molecule has 0 heterocycles. The predicted octanol–water partition coefficient (Wildman–Crippen LogP) is 0.134. The van der Waals surface area contributed by atoms with Crippen LogP contribution in [0.25, 0.3) is 0 Å². The second kappa shape index (κ2) is 3.69. The Morgan fingerprint density at radius 2 is 2.09 bits per heavy atom. The second-order valence-corrected chi connectivity index (χ2v) is 3.24. The minimum absolute atomic E-state index is 0.111. The van der Waals surface area contributed by atoms with Gasteiger partial charge < -0.3 is 5.73 Å². The van der Waals surface area contributed by atoms with Crippen molar-refractivity contribution in [1.29, 1.82) is 0 Å². The standard InChI is InChI=1S/C7H16N2O2/c1-7(2,8)5-6(10)9(3)11-4/h5,8H2,1-4H3. The maximum Gasteiger partial charge on any atom is 0.247 e. The molecule has 0 unspecified atom stereocenters. The molecule has 11 heavy (non-hydrogen) atoms. The quantitative estimate of drug-likeness (QED) is 0.597. The largest absolute Gasteiger partial charge is 0.325 e.